The molecule has 0 bridgehead atoms. The molecule has 0 aliphatic carbocycles. The lowest BCUT2D eigenvalue weighted by Crippen LogP contribution is -2.32. The minimum absolute atomic E-state index is 0.253. The van der Waals surface area contributed by atoms with Crippen molar-refractivity contribution in [2.24, 2.45) is 0 Å². The Hall–Kier alpha value is -1.41. The minimum Gasteiger partial charge on any atom is -0.364 e. The van der Waals surface area contributed by atoms with Crippen molar-refractivity contribution in [3.63, 3.8) is 0 Å². The standard InChI is InChI=1S/C9H15N4O5P/c1-6(18-5-19(15,16)17)2-13-4-12-7-8(13)10-3-11-9(7)14/h3,6,12H,2,4-5H2,1H3,(H,10,11,14)(H2,15,16,17)/t6-/m1/s1. The molecule has 0 aromatic carbocycles. The summed E-state index contributed by atoms with van der Waals surface area (Å²) < 4.78 is 15.8. The molecule has 1 aliphatic heterocycles. The summed E-state index contributed by atoms with van der Waals surface area (Å²) in [6, 6.07) is 0. The van der Waals surface area contributed by atoms with Crippen LogP contribution in [-0.2, 0) is 9.30 Å². The Morgan fingerprint density at radius 1 is 1.63 bits per heavy atom. The van der Waals surface area contributed by atoms with Crippen molar-refractivity contribution >= 4 is 19.1 Å². The van der Waals surface area contributed by atoms with Crippen molar-refractivity contribution in [2.45, 2.75) is 13.0 Å². The Labute approximate surface area is 108 Å². The summed E-state index contributed by atoms with van der Waals surface area (Å²) in [4.78, 5) is 37.2. The van der Waals surface area contributed by atoms with Crippen LogP contribution in [0.4, 0.5) is 11.5 Å². The third-order valence-corrected chi connectivity index (χ3v) is 3.07. The topological polar surface area (TPSA) is 128 Å². The van der Waals surface area contributed by atoms with Crippen LogP contribution in [0.1, 0.15) is 6.92 Å². The Morgan fingerprint density at radius 2 is 2.37 bits per heavy atom. The molecule has 106 valence electrons. The fraction of sp³-hybridized carbons (Fsp3) is 0.556. The first kappa shape index (κ1) is 14.0. The molecule has 10 heteroatoms. The van der Waals surface area contributed by atoms with Crippen LogP contribution in [0.2, 0.25) is 0 Å². The van der Waals surface area contributed by atoms with Crippen LogP contribution < -0.4 is 15.8 Å². The largest absolute Gasteiger partial charge is 0.364 e. The van der Waals surface area contributed by atoms with E-state index in [0.717, 1.165) is 0 Å². The summed E-state index contributed by atoms with van der Waals surface area (Å²) in [5.74, 6) is 0.510. The Kier molecular flexibility index (Phi) is 3.91. The van der Waals surface area contributed by atoms with Crippen molar-refractivity contribution in [1.29, 1.82) is 0 Å². The third kappa shape index (κ3) is 3.54. The van der Waals surface area contributed by atoms with Gasteiger partial charge in [-0.2, -0.15) is 0 Å². The molecule has 0 unspecified atom stereocenters. The number of fused-ring (bicyclic) bond motifs is 1. The first-order valence-electron chi connectivity index (χ1n) is 5.59. The smallest absolute Gasteiger partial charge is 0.350 e. The predicted octanol–water partition coefficient (Wildman–Crippen LogP) is -0.500. The second-order valence-electron chi connectivity index (χ2n) is 4.26. The highest BCUT2D eigenvalue weighted by atomic mass is 31.2. The highest BCUT2D eigenvalue weighted by Crippen LogP contribution is 2.34. The lowest BCUT2D eigenvalue weighted by atomic mass is 10.3. The third-order valence-electron chi connectivity index (χ3n) is 2.58. The molecule has 2 rings (SSSR count). The minimum atomic E-state index is -4.17. The molecule has 19 heavy (non-hydrogen) atoms. The number of nitrogens with zero attached hydrogens (tertiary/aromatic N) is 2. The maximum atomic E-state index is 11.5. The molecule has 0 spiro atoms. The summed E-state index contributed by atoms with van der Waals surface area (Å²) in [7, 11) is -4.17. The molecule has 1 aliphatic rings. The number of ether oxygens (including phenoxy) is 1. The first-order chi connectivity index (χ1) is 8.87. The molecule has 2 heterocycles. The number of hydrogen-bond donors (Lipinski definition) is 4. The summed E-state index contributed by atoms with van der Waals surface area (Å²) in [5.41, 5.74) is 0.140. The molecule has 4 N–H and O–H groups in total. The normalized spacial score (nSPS) is 16.1. The van der Waals surface area contributed by atoms with E-state index in [4.69, 9.17) is 14.5 Å². The van der Waals surface area contributed by atoms with Gasteiger partial charge in [0.2, 0.25) is 0 Å². The average Bonchev–Trinajstić information content (AvgIpc) is 2.71. The van der Waals surface area contributed by atoms with Crippen LogP contribution in [-0.4, -0.2) is 45.4 Å². The van der Waals surface area contributed by atoms with Gasteiger partial charge in [-0.15, -0.1) is 0 Å². The quantitative estimate of drug-likeness (QED) is 0.534. The SMILES string of the molecule is C[C@H](CN1CNc2c1nc[nH]c2=O)OCP(=O)(O)O. The van der Waals surface area contributed by atoms with Crippen molar-refractivity contribution in [3.05, 3.63) is 16.7 Å². The van der Waals surface area contributed by atoms with E-state index < -0.39 is 20.0 Å². The zero-order valence-electron chi connectivity index (χ0n) is 10.2. The van der Waals surface area contributed by atoms with Gasteiger partial charge in [0.1, 0.15) is 12.0 Å². The highest BCUT2D eigenvalue weighted by Gasteiger charge is 2.25. The van der Waals surface area contributed by atoms with Crippen LogP contribution in [0.3, 0.4) is 0 Å². The number of H-pyrrole nitrogens is 1. The number of aromatic nitrogens is 2. The van der Waals surface area contributed by atoms with Gasteiger partial charge in [-0.1, -0.05) is 0 Å². The van der Waals surface area contributed by atoms with E-state index in [1.807, 2.05) is 0 Å². The predicted molar refractivity (Wildman–Crippen MR) is 68.2 cm³/mol. The lowest BCUT2D eigenvalue weighted by molar-refractivity contribution is 0.0931. The average molecular weight is 290 g/mol. The molecule has 9 nitrogen and oxygen atoms in total. The monoisotopic (exact) mass is 290 g/mol. The zero-order valence-corrected chi connectivity index (χ0v) is 11.1. The molecule has 1 aromatic rings. The second-order valence-corrected chi connectivity index (χ2v) is 5.85. The van der Waals surface area contributed by atoms with Crippen LogP contribution in [0, 0.1) is 0 Å². The summed E-state index contributed by atoms with van der Waals surface area (Å²) in [5, 5.41) is 2.91. The Bertz CT molecular complexity index is 556. The molecule has 0 fully saturated rings. The lowest BCUT2D eigenvalue weighted by Gasteiger charge is -2.21. The molecule has 1 aromatic heterocycles. The summed E-state index contributed by atoms with van der Waals surface area (Å²) in [6.45, 7) is 2.47. The van der Waals surface area contributed by atoms with E-state index in [2.05, 4.69) is 15.3 Å². The summed E-state index contributed by atoms with van der Waals surface area (Å²) in [6.07, 6.45) is 0.287. The molecule has 1 atom stereocenters. The van der Waals surface area contributed by atoms with Crippen molar-refractivity contribution < 1.29 is 19.1 Å². The van der Waals surface area contributed by atoms with Crippen molar-refractivity contribution in [2.75, 3.05) is 29.8 Å². The van der Waals surface area contributed by atoms with Gasteiger partial charge in [0.25, 0.3) is 5.56 Å². The summed E-state index contributed by atoms with van der Waals surface area (Å²) >= 11 is 0. The van der Waals surface area contributed by atoms with Gasteiger partial charge in [0, 0.05) is 6.54 Å². The molecule has 0 saturated heterocycles. The van der Waals surface area contributed by atoms with Gasteiger partial charge < -0.3 is 29.7 Å². The number of nitrogens with one attached hydrogen (secondary N) is 2. The number of hydrogen-bond acceptors (Lipinski definition) is 6. The van der Waals surface area contributed by atoms with E-state index in [-0.39, 0.29) is 5.56 Å². The van der Waals surface area contributed by atoms with Gasteiger partial charge in [-0.25, -0.2) is 4.98 Å². The maximum absolute atomic E-state index is 11.5. The van der Waals surface area contributed by atoms with Crippen molar-refractivity contribution in [1.82, 2.24) is 9.97 Å². The van der Waals surface area contributed by atoms with E-state index in [1.165, 1.54) is 6.33 Å². The highest BCUT2D eigenvalue weighted by molar-refractivity contribution is 7.51. The fourth-order valence-corrected chi connectivity index (χ4v) is 2.23. The van der Waals surface area contributed by atoms with Gasteiger partial charge in [0.05, 0.1) is 19.1 Å². The van der Waals surface area contributed by atoms with Crippen LogP contribution in [0.5, 0.6) is 0 Å². The van der Waals surface area contributed by atoms with E-state index in [0.29, 0.717) is 24.7 Å². The van der Waals surface area contributed by atoms with Crippen LogP contribution in [0.15, 0.2) is 11.1 Å². The number of rotatable bonds is 5. The van der Waals surface area contributed by atoms with Crippen molar-refractivity contribution in [3.8, 4) is 0 Å². The van der Waals surface area contributed by atoms with Crippen LogP contribution >= 0.6 is 7.60 Å². The molecule has 0 amide bonds. The van der Waals surface area contributed by atoms with E-state index in [1.54, 1.807) is 11.8 Å². The molecular weight excluding hydrogens is 275 g/mol. The van der Waals surface area contributed by atoms with E-state index in [9.17, 15) is 9.36 Å². The fourth-order valence-electron chi connectivity index (χ4n) is 1.78. The molecule has 0 radical (unpaired) electrons. The van der Waals surface area contributed by atoms with Gasteiger partial charge in [0.15, 0.2) is 5.82 Å². The van der Waals surface area contributed by atoms with Gasteiger partial charge in [-0.05, 0) is 6.92 Å². The second kappa shape index (κ2) is 5.30. The van der Waals surface area contributed by atoms with Gasteiger partial charge in [-0.3, -0.25) is 9.36 Å². The van der Waals surface area contributed by atoms with Crippen LogP contribution in [0.25, 0.3) is 0 Å². The van der Waals surface area contributed by atoms with E-state index >= 15 is 0 Å². The first-order valence-corrected chi connectivity index (χ1v) is 7.39. The number of anilines is 2. The Morgan fingerprint density at radius 3 is 3.05 bits per heavy atom. The zero-order chi connectivity index (χ0) is 14.0. The molecular formula is C9H15N4O5P. The molecule has 0 saturated carbocycles. The number of aromatic amines is 1. The maximum Gasteiger partial charge on any atom is 0.350 e. The van der Waals surface area contributed by atoms with Gasteiger partial charge >= 0.3 is 7.60 Å². The Balaban J connectivity index is 1.98.